The van der Waals surface area contributed by atoms with E-state index in [0.29, 0.717) is 0 Å². The Kier molecular flexibility index (Phi) is 743. The van der Waals surface area contributed by atoms with Crippen LogP contribution in [-0.2, 0) is 0 Å². The summed E-state index contributed by atoms with van der Waals surface area (Å²) in [5, 5.41) is 0. The Morgan fingerprint density at radius 3 is 0.462 bits per heavy atom. The van der Waals surface area contributed by atoms with Gasteiger partial charge in [0, 0.05) is 75.5 Å². The van der Waals surface area contributed by atoms with Crippen LogP contribution in [0.2, 0.25) is 0 Å². The quantitative estimate of drug-likeness (QED) is 0.526. The van der Waals surface area contributed by atoms with Crippen LogP contribution in [0.4, 0.5) is 0 Å². The van der Waals surface area contributed by atoms with Crippen molar-refractivity contribution in [2.45, 2.75) is 75.7 Å². The van der Waals surface area contributed by atoms with E-state index in [4.69, 9.17) is 0 Å². The third-order valence-electron chi connectivity index (χ3n) is 0. The molecule has 0 fully saturated rings. The molecule has 0 amide bonds. The van der Waals surface area contributed by atoms with Gasteiger partial charge in [0.25, 0.3) is 0 Å². The molecule has 2 heteroatoms. The number of rotatable bonds is 0. The van der Waals surface area contributed by atoms with Gasteiger partial charge in [0.1, 0.15) is 0 Å². The Hall–Kier alpha value is 2.52. The minimum Gasteiger partial charge on any atom is -0.0683 e. The van der Waals surface area contributed by atoms with Crippen LogP contribution in [0, 0.1) is 75.5 Å². The standard InChI is InChI=1S/C3H8.4C2H6.2Ar/c1-3-2;4*1-2;;/h3H2,1-2H3;4*1-2H3;;. The second-order valence-corrected chi connectivity index (χ2v) is 0.707. The molecule has 0 nitrogen and oxygen atoms in total. The Labute approximate surface area is 149 Å². The fraction of sp³-hybridized carbons (Fsp3) is 1.00. The fourth-order valence-corrected chi connectivity index (χ4v) is 0. The number of hydrogen-bond donors (Lipinski definition) is 0. The van der Waals surface area contributed by atoms with Crippen LogP contribution in [-0.4, -0.2) is 0 Å². The van der Waals surface area contributed by atoms with Crippen LogP contribution >= 0.6 is 0 Å². The van der Waals surface area contributed by atoms with E-state index in [2.05, 4.69) is 13.8 Å². The summed E-state index contributed by atoms with van der Waals surface area (Å²) in [5.41, 5.74) is 0. The van der Waals surface area contributed by atoms with Crippen molar-refractivity contribution in [1.82, 2.24) is 0 Å². The zero-order chi connectivity index (χ0) is 10.7. The summed E-state index contributed by atoms with van der Waals surface area (Å²) < 4.78 is 0. The molecule has 0 aliphatic heterocycles. The Morgan fingerprint density at radius 1 is 0.462 bits per heavy atom. The summed E-state index contributed by atoms with van der Waals surface area (Å²) in [4.78, 5) is 0. The summed E-state index contributed by atoms with van der Waals surface area (Å²) in [6.45, 7) is 20.2. The van der Waals surface area contributed by atoms with E-state index < -0.39 is 0 Å². The molecule has 0 aliphatic carbocycles. The first kappa shape index (κ1) is 45.1. The third-order valence-corrected chi connectivity index (χ3v) is 0. The van der Waals surface area contributed by atoms with Gasteiger partial charge in [0.2, 0.25) is 0 Å². The topological polar surface area (TPSA) is 0 Å². The van der Waals surface area contributed by atoms with Crippen molar-refractivity contribution in [1.29, 1.82) is 0 Å². The zero-order valence-corrected chi connectivity index (χ0v) is 12.8. The van der Waals surface area contributed by atoms with Gasteiger partial charge in [-0.05, 0) is 0 Å². The van der Waals surface area contributed by atoms with Crippen molar-refractivity contribution in [3.05, 3.63) is 0 Å². The normalized spacial score (nSPS) is 3.23. The summed E-state index contributed by atoms with van der Waals surface area (Å²) in [6, 6.07) is 0. The van der Waals surface area contributed by atoms with Gasteiger partial charge < -0.3 is 0 Å². The first-order valence-electron chi connectivity index (χ1n) is 5.41. The van der Waals surface area contributed by atoms with Gasteiger partial charge >= 0.3 is 0 Å². The second kappa shape index (κ2) is 214. The Balaban J connectivity index is -0.00000000676. The van der Waals surface area contributed by atoms with E-state index in [0.717, 1.165) is 0 Å². The average molecular weight is 244 g/mol. The van der Waals surface area contributed by atoms with E-state index in [9.17, 15) is 0 Å². The molecule has 0 radical (unpaired) electrons. The summed E-state index contributed by atoms with van der Waals surface area (Å²) >= 11 is 0. The molecule has 0 spiro atoms. The van der Waals surface area contributed by atoms with Crippen LogP contribution in [0.15, 0.2) is 0 Å². The van der Waals surface area contributed by atoms with Crippen molar-refractivity contribution in [3.8, 4) is 0 Å². The Morgan fingerprint density at radius 2 is 0.462 bits per heavy atom. The number of hydrogen-bond acceptors (Lipinski definition) is 0. The third kappa shape index (κ3) is 359. The molecule has 0 unspecified atom stereocenters. The molecule has 0 aromatic rings. The molecule has 0 aromatic heterocycles. The van der Waals surface area contributed by atoms with E-state index in [1.165, 1.54) is 6.42 Å². The van der Waals surface area contributed by atoms with Crippen molar-refractivity contribution in [3.63, 3.8) is 0 Å². The fourth-order valence-electron chi connectivity index (χ4n) is 0. The molecule has 0 saturated carbocycles. The van der Waals surface area contributed by atoms with Crippen molar-refractivity contribution in [2.75, 3.05) is 0 Å². The summed E-state index contributed by atoms with van der Waals surface area (Å²) in [7, 11) is 0. The van der Waals surface area contributed by atoms with Gasteiger partial charge in [-0.3, -0.25) is 0 Å². The van der Waals surface area contributed by atoms with Gasteiger partial charge in [-0.25, -0.2) is 0 Å². The molecule has 13 heavy (non-hydrogen) atoms. The van der Waals surface area contributed by atoms with Gasteiger partial charge in [-0.2, -0.15) is 0 Å². The van der Waals surface area contributed by atoms with Gasteiger partial charge in [0.15, 0.2) is 0 Å². The molecular formula is C11H32Ar2. The monoisotopic (exact) mass is 244 g/mol. The largest absolute Gasteiger partial charge is 0.0683 e. The maximum atomic E-state index is 2.12. The van der Waals surface area contributed by atoms with E-state index in [1.54, 1.807) is 0 Å². The first-order valence-corrected chi connectivity index (χ1v) is 5.41. The predicted octanol–water partition coefficient (Wildman–Crippen LogP) is 5.52. The average Bonchev–Trinajstić information content (AvgIpc) is 2.18. The first-order chi connectivity index (χ1) is 5.41. The maximum absolute atomic E-state index is 2.12. The second-order valence-electron chi connectivity index (χ2n) is 0.707. The molecule has 0 N–H and O–H groups in total. The van der Waals surface area contributed by atoms with Gasteiger partial charge in [-0.15, -0.1) is 0 Å². The molecule has 0 heterocycles. The minimum absolute atomic E-state index is 0. The van der Waals surface area contributed by atoms with Crippen LogP contribution < -0.4 is 0 Å². The van der Waals surface area contributed by atoms with E-state index in [-0.39, 0.29) is 75.5 Å². The van der Waals surface area contributed by atoms with Gasteiger partial charge in [-0.1, -0.05) is 75.7 Å². The van der Waals surface area contributed by atoms with Crippen LogP contribution in [0.1, 0.15) is 75.7 Å². The van der Waals surface area contributed by atoms with E-state index >= 15 is 0 Å². The molecule has 0 bridgehead atoms. The van der Waals surface area contributed by atoms with Gasteiger partial charge in [0.05, 0.1) is 0 Å². The molecule has 0 rings (SSSR count). The van der Waals surface area contributed by atoms with Crippen LogP contribution in [0.5, 0.6) is 0 Å². The molecular weight excluding hydrogens is 212 g/mol. The zero-order valence-electron chi connectivity index (χ0n) is 11.4. The van der Waals surface area contributed by atoms with E-state index in [1.807, 2.05) is 55.4 Å². The van der Waals surface area contributed by atoms with Crippen molar-refractivity contribution < 1.29 is 75.5 Å². The van der Waals surface area contributed by atoms with Crippen LogP contribution in [0.25, 0.3) is 0 Å². The predicted molar refractivity (Wildman–Crippen MR) is 61.4 cm³/mol. The SMILES string of the molecule is CC.CC.CC.CC.CCC.[Ar].[Ar]. The van der Waals surface area contributed by atoms with Crippen molar-refractivity contribution in [2.24, 2.45) is 0 Å². The molecule has 0 atom stereocenters. The summed E-state index contributed by atoms with van der Waals surface area (Å²) in [6.07, 6.45) is 1.25. The maximum Gasteiger partial charge on any atom is 0 e. The summed E-state index contributed by atoms with van der Waals surface area (Å²) in [5.74, 6) is 0. The molecule has 92 valence electrons. The minimum atomic E-state index is 0. The Bertz CT molecular complexity index is 8.05. The smallest absolute Gasteiger partial charge is 0 e. The van der Waals surface area contributed by atoms with Crippen molar-refractivity contribution >= 4 is 0 Å². The van der Waals surface area contributed by atoms with Crippen LogP contribution in [0.3, 0.4) is 0 Å². The molecule has 0 aromatic carbocycles. The molecule has 0 saturated heterocycles. The molecule has 0 aliphatic rings.